The van der Waals surface area contributed by atoms with Crippen LogP contribution in [-0.2, 0) is 4.74 Å². The lowest BCUT2D eigenvalue weighted by Gasteiger charge is -2.29. The number of methoxy groups -OCH3 is 1. The van der Waals surface area contributed by atoms with Crippen molar-refractivity contribution in [2.24, 2.45) is 5.92 Å². The molecule has 1 N–H and O–H groups in total. The largest absolute Gasteiger partial charge is 0.380 e. The van der Waals surface area contributed by atoms with Gasteiger partial charge in [0.1, 0.15) is 0 Å². The van der Waals surface area contributed by atoms with Crippen LogP contribution >= 0.6 is 0 Å². The molecule has 3 nitrogen and oxygen atoms in total. The van der Waals surface area contributed by atoms with E-state index in [2.05, 4.69) is 17.1 Å². The Bertz CT molecular complexity index is 229. The van der Waals surface area contributed by atoms with Gasteiger partial charge >= 0.3 is 0 Å². The van der Waals surface area contributed by atoms with E-state index in [4.69, 9.17) is 4.74 Å². The fourth-order valence-corrected chi connectivity index (χ4v) is 3.50. The Balaban J connectivity index is 1.80. The van der Waals surface area contributed by atoms with Gasteiger partial charge in [0.2, 0.25) is 0 Å². The minimum Gasteiger partial charge on any atom is -0.380 e. The van der Waals surface area contributed by atoms with Crippen LogP contribution in [0.4, 0.5) is 0 Å². The summed E-state index contributed by atoms with van der Waals surface area (Å²) in [6.07, 6.45) is 8.67. The van der Waals surface area contributed by atoms with Crippen LogP contribution in [0.15, 0.2) is 0 Å². The maximum Gasteiger partial charge on any atom is 0.0710 e. The van der Waals surface area contributed by atoms with E-state index in [-0.39, 0.29) is 0 Å². The first-order valence-electron chi connectivity index (χ1n) is 7.82. The third kappa shape index (κ3) is 3.94. The van der Waals surface area contributed by atoms with Crippen LogP contribution in [0.3, 0.4) is 0 Å². The first kappa shape index (κ1) is 14.3. The Hall–Kier alpha value is -0.120. The van der Waals surface area contributed by atoms with E-state index >= 15 is 0 Å². The molecule has 0 aromatic rings. The molecule has 0 amide bonds. The fourth-order valence-electron chi connectivity index (χ4n) is 3.50. The topological polar surface area (TPSA) is 24.5 Å². The Morgan fingerprint density at radius 2 is 2.06 bits per heavy atom. The first-order chi connectivity index (χ1) is 8.83. The van der Waals surface area contributed by atoms with Crippen LogP contribution in [0.5, 0.6) is 0 Å². The van der Waals surface area contributed by atoms with Crippen molar-refractivity contribution in [1.29, 1.82) is 0 Å². The second kappa shape index (κ2) is 7.46. The van der Waals surface area contributed by atoms with Crippen molar-refractivity contribution in [2.45, 2.75) is 57.6 Å². The number of hydrogen-bond donors (Lipinski definition) is 1. The Kier molecular flexibility index (Phi) is 5.93. The number of hydrogen-bond acceptors (Lipinski definition) is 3. The minimum atomic E-state index is 0.473. The second-order valence-corrected chi connectivity index (χ2v) is 6.01. The van der Waals surface area contributed by atoms with Crippen molar-refractivity contribution in [3.05, 3.63) is 0 Å². The summed E-state index contributed by atoms with van der Waals surface area (Å²) in [6.45, 7) is 7.01. The summed E-state index contributed by atoms with van der Waals surface area (Å²) in [4.78, 5) is 2.60. The molecule has 1 aliphatic heterocycles. The number of nitrogens with one attached hydrogen (secondary N) is 1. The highest BCUT2D eigenvalue weighted by Crippen LogP contribution is 2.28. The molecule has 0 radical (unpaired) electrons. The standard InChI is InChI=1S/C15H30N2O/c1-3-9-16-15(13-6-4-5-7-13)12-17-10-8-14(11-17)18-2/h13-16H,3-12H2,1-2H3. The normalized spacial score (nSPS) is 28.0. The van der Waals surface area contributed by atoms with E-state index in [1.807, 2.05) is 7.11 Å². The van der Waals surface area contributed by atoms with Crippen molar-refractivity contribution < 1.29 is 4.74 Å². The van der Waals surface area contributed by atoms with E-state index < -0.39 is 0 Å². The quantitative estimate of drug-likeness (QED) is 0.754. The molecule has 18 heavy (non-hydrogen) atoms. The third-order valence-electron chi connectivity index (χ3n) is 4.64. The summed E-state index contributed by atoms with van der Waals surface area (Å²) < 4.78 is 5.47. The van der Waals surface area contributed by atoms with Gasteiger partial charge in [-0.2, -0.15) is 0 Å². The van der Waals surface area contributed by atoms with Crippen LogP contribution in [0.2, 0.25) is 0 Å². The van der Waals surface area contributed by atoms with Gasteiger partial charge in [-0.3, -0.25) is 4.90 Å². The molecular weight excluding hydrogens is 224 g/mol. The molecule has 2 unspecified atom stereocenters. The third-order valence-corrected chi connectivity index (χ3v) is 4.64. The van der Waals surface area contributed by atoms with Gasteiger partial charge in [0.05, 0.1) is 6.10 Å². The summed E-state index contributed by atoms with van der Waals surface area (Å²) in [5.41, 5.74) is 0. The van der Waals surface area contributed by atoms with E-state index in [1.54, 1.807) is 0 Å². The molecule has 0 aromatic carbocycles. The smallest absolute Gasteiger partial charge is 0.0710 e. The lowest BCUT2D eigenvalue weighted by atomic mass is 9.97. The molecule has 1 aliphatic carbocycles. The van der Waals surface area contributed by atoms with Gasteiger partial charge in [-0.05, 0) is 38.1 Å². The van der Waals surface area contributed by atoms with Crippen LogP contribution in [-0.4, -0.2) is 50.3 Å². The highest BCUT2D eigenvalue weighted by Gasteiger charge is 2.29. The lowest BCUT2D eigenvalue weighted by molar-refractivity contribution is 0.105. The zero-order valence-corrected chi connectivity index (χ0v) is 12.2. The van der Waals surface area contributed by atoms with Gasteiger partial charge in [0, 0.05) is 32.8 Å². The number of rotatable bonds is 7. The Morgan fingerprint density at radius 3 is 2.67 bits per heavy atom. The van der Waals surface area contributed by atoms with Gasteiger partial charge in [-0.25, -0.2) is 0 Å². The number of nitrogens with zero attached hydrogens (tertiary/aromatic N) is 1. The summed E-state index contributed by atoms with van der Waals surface area (Å²) in [6, 6.07) is 0.711. The lowest BCUT2D eigenvalue weighted by Crippen LogP contribution is -2.45. The number of likely N-dealkylation sites (tertiary alicyclic amines) is 1. The summed E-state index contributed by atoms with van der Waals surface area (Å²) in [5.74, 6) is 0.915. The highest BCUT2D eigenvalue weighted by atomic mass is 16.5. The maximum atomic E-state index is 5.47. The van der Waals surface area contributed by atoms with E-state index in [0.29, 0.717) is 12.1 Å². The predicted octanol–water partition coefficient (Wildman–Crippen LogP) is 2.27. The molecule has 2 atom stereocenters. The molecule has 2 rings (SSSR count). The van der Waals surface area contributed by atoms with Crippen LogP contribution in [0.1, 0.15) is 45.4 Å². The molecule has 1 heterocycles. The monoisotopic (exact) mass is 254 g/mol. The second-order valence-electron chi connectivity index (χ2n) is 6.01. The maximum absolute atomic E-state index is 5.47. The van der Waals surface area contributed by atoms with Gasteiger partial charge in [-0.15, -0.1) is 0 Å². The Labute approximate surface area is 112 Å². The minimum absolute atomic E-state index is 0.473. The SMILES string of the molecule is CCCNC(CN1CCC(OC)C1)C1CCCC1. The molecule has 2 fully saturated rings. The van der Waals surface area contributed by atoms with Crippen molar-refractivity contribution in [3.8, 4) is 0 Å². The Morgan fingerprint density at radius 1 is 1.28 bits per heavy atom. The van der Waals surface area contributed by atoms with Gasteiger partial charge in [0.25, 0.3) is 0 Å². The average molecular weight is 254 g/mol. The zero-order valence-electron chi connectivity index (χ0n) is 12.2. The van der Waals surface area contributed by atoms with E-state index in [1.165, 1.54) is 58.2 Å². The van der Waals surface area contributed by atoms with Crippen molar-refractivity contribution in [1.82, 2.24) is 10.2 Å². The molecular formula is C15H30N2O. The molecule has 0 spiro atoms. The highest BCUT2D eigenvalue weighted by molar-refractivity contribution is 4.86. The van der Waals surface area contributed by atoms with Gasteiger partial charge in [-0.1, -0.05) is 19.8 Å². The molecule has 3 heteroatoms. The molecule has 2 aliphatic rings. The summed E-state index contributed by atoms with van der Waals surface area (Å²) in [5, 5.41) is 3.79. The van der Waals surface area contributed by atoms with Gasteiger partial charge < -0.3 is 10.1 Å². The van der Waals surface area contributed by atoms with Crippen molar-refractivity contribution in [2.75, 3.05) is 33.3 Å². The average Bonchev–Trinajstić information content (AvgIpc) is 3.05. The van der Waals surface area contributed by atoms with E-state index in [9.17, 15) is 0 Å². The fraction of sp³-hybridized carbons (Fsp3) is 1.00. The zero-order chi connectivity index (χ0) is 12.8. The molecule has 1 saturated heterocycles. The summed E-state index contributed by atoms with van der Waals surface area (Å²) >= 11 is 0. The predicted molar refractivity (Wildman–Crippen MR) is 75.9 cm³/mol. The summed E-state index contributed by atoms with van der Waals surface area (Å²) in [7, 11) is 1.85. The first-order valence-corrected chi connectivity index (χ1v) is 7.82. The molecule has 0 bridgehead atoms. The van der Waals surface area contributed by atoms with E-state index in [0.717, 1.165) is 12.5 Å². The van der Waals surface area contributed by atoms with Crippen molar-refractivity contribution in [3.63, 3.8) is 0 Å². The molecule has 1 saturated carbocycles. The van der Waals surface area contributed by atoms with Crippen LogP contribution < -0.4 is 5.32 Å². The molecule has 106 valence electrons. The molecule has 0 aromatic heterocycles. The van der Waals surface area contributed by atoms with Crippen LogP contribution in [0, 0.1) is 5.92 Å². The van der Waals surface area contributed by atoms with Crippen LogP contribution in [0.25, 0.3) is 0 Å². The van der Waals surface area contributed by atoms with Gasteiger partial charge in [0.15, 0.2) is 0 Å². The van der Waals surface area contributed by atoms with Crippen molar-refractivity contribution >= 4 is 0 Å². The number of ether oxygens (including phenoxy) is 1.